The smallest absolute Gasteiger partial charge is 0.306 e. The fraction of sp³-hybridized carbons (Fsp3) is 0.500. The van der Waals surface area contributed by atoms with Gasteiger partial charge in [-0.3, -0.25) is 9.59 Å². The van der Waals surface area contributed by atoms with Gasteiger partial charge < -0.3 is 15.5 Å². The molecule has 0 heterocycles. The maximum atomic E-state index is 12.2. The first kappa shape index (κ1) is 18.0. The minimum absolute atomic E-state index is 0.0315. The largest absolute Gasteiger partial charge is 0.481 e. The highest BCUT2D eigenvalue weighted by Gasteiger charge is 2.31. The van der Waals surface area contributed by atoms with Gasteiger partial charge in [0.05, 0.1) is 12.0 Å². The summed E-state index contributed by atoms with van der Waals surface area (Å²) in [5, 5.41) is 22.7. The van der Waals surface area contributed by atoms with Crippen molar-refractivity contribution in [3.8, 4) is 0 Å². The van der Waals surface area contributed by atoms with E-state index in [1.807, 2.05) is 0 Å². The van der Waals surface area contributed by atoms with E-state index in [9.17, 15) is 14.7 Å². The average molecular weight is 360 g/mol. The van der Waals surface area contributed by atoms with Crippen LogP contribution in [0.4, 0.5) is 0 Å². The number of aliphatic hydroxyl groups is 1. The number of halogens is 2. The number of nitrogens with one attached hydrogen (secondary N) is 1. The molecule has 1 aliphatic carbocycles. The van der Waals surface area contributed by atoms with Crippen molar-refractivity contribution in [1.29, 1.82) is 0 Å². The molecule has 0 saturated heterocycles. The molecule has 0 spiro atoms. The van der Waals surface area contributed by atoms with Crippen molar-refractivity contribution in [2.45, 2.75) is 31.8 Å². The second-order valence-electron chi connectivity index (χ2n) is 5.86. The molecule has 1 aliphatic rings. The van der Waals surface area contributed by atoms with Crippen molar-refractivity contribution in [2.75, 3.05) is 6.54 Å². The van der Waals surface area contributed by atoms with Crippen LogP contribution >= 0.6 is 23.2 Å². The summed E-state index contributed by atoms with van der Waals surface area (Å²) in [5.41, 5.74) is 0.523. The second-order valence-corrected chi connectivity index (χ2v) is 6.74. The minimum atomic E-state index is -0.922. The topological polar surface area (TPSA) is 86.6 Å². The highest BCUT2D eigenvalue weighted by Crippen LogP contribution is 2.29. The van der Waals surface area contributed by atoms with E-state index in [2.05, 4.69) is 5.32 Å². The Morgan fingerprint density at radius 1 is 1.17 bits per heavy atom. The lowest BCUT2D eigenvalue weighted by Crippen LogP contribution is -2.37. The number of hydrogen-bond acceptors (Lipinski definition) is 3. The first-order chi connectivity index (χ1) is 10.9. The molecule has 0 bridgehead atoms. The number of carboxylic acid groups (broad SMARTS) is 1. The van der Waals surface area contributed by atoms with E-state index in [4.69, 9.17) is 28.3 Å². The van der Waals surface area contributed by atoms with Gasteiger partial charge in [0.2, 0.25) is 5.91 Å². The Morgan fingerprint density at radius 2 is 1.78 bits per heavy atom. The van der Waals surface area contributed by atoms with Crippen molar-refractivity contribution in [2.24, 2.45) is 11.8 Å². The Labute approximate surface area is 144 Å². The van der Waals surface area contributed by atoms with Crippen LogP contribution in [-0.2, 0) is 9.59 Å². The summed E-state index contributed by atoms with van der Waals surface area (Å²) in [4.78, 5) is 23.2. The monoisotopic (exact) mass is 359 g/mol. The van der Waals surface area contributed by atoms with E-state index >= 15 is 0 Å². The highest BCUT2D eigenvalue weighted by atomic mass is 35.5. The number of rotatable bonds is 5. The molecule has 7 heteroatoms. The van der Waals surface area contributed by atoms with E-state index in [0.29, 0.717) is 34.9 Å². The molecule has 3 unspecified atom stereocenters. The molecule has 1 fully saturated rings. The zero-order valence-corrected chi connectivity index (χ0v) is 14.0. The quantitative estimate of drug-likeness (QED) is 0.753. The van der Waals surface area contributed by atoms with Gasteiger partial charge in [-0.25, -0.2) is 0 Å². The average Bonchev–Trinajstić information content (AvgIpc) is 2.51. The molecule has 0 radical (unpaired) electrons. The first-order valence-electron chi connectivity index (χ1n) is 7.51. The third-order valence-corrected chi connectivity index (χ3v) is 4.57. The van der Waals surface area contributed by atoms with Crippen molar-refractivity contribution < 1.29 is 19.8 Å². The summed E-state index contributed by atoms with van der Waals surface area (Å²) in [7, 11) is 0. The maximum Gasteiger partial charge on any atom is 0.306 e. The van der Waals surface area contributed by atoms with Crippen LogP contribution in [0.5, 0.6) is 0 Å². The molecule has 0 aliphatic heterocycles. The third-order valence-electron chi connectivity index (χ3n) is 4.13. The Balaban J connectivity index is 1.89. The summed E-state index contributed by atoms with van der Waals surface area (Å²) in [5.74, 6) is -1.85. The van der Waals surface area contributed by atoms with Gasteiger partial charge in [0.1, 0.15) is 0 Å². The van der Waals surface area contributed by atoms with E-state index < -0.39 is 18.0 Å². The van der Waals surface area contributed by atoms with Gasteiger partial charge in [-0.05, 0) is 43.0 Å². The van der Waals surface area contributed by atoms with Crippen LogP contribution in [0.15, 0.2) is 18.2 Å². The van der Waals surface area contributed by atoms with Crippen molar-refractivity contribution in [1.82, 2.24) is 5.32 Å². The van der Waals surface area contributed by atoms with Crippen LogP contribution in [0, 0.1) is 11.8 Å². The Hall–Kier alpha value is -1.30. The van der Waals surface area contributed by atoms with E-state index in [-0.39, 0.29) is 18.4 Å². The van der Waals surface area contributed by atoms with E-state index in [1.165, 1.54) is 0 Å². The second kappa shape index (κ2) is 7.99. The van der Waals surface area contributed by atoms with Gasteiger partial charge >= 0.3 is 5.97 Å². The molecular formula is C16H19Cl2NO4. The molecule has 1 saturated carbocycles. The van der Waals surface area contributed by atoms with Crippen LogP contribution in [0.3, 0.4) is 0 Å². The number of hydrogen-bond donors (Lipinski definition) is 3. The molecule has 1 aromatic rings. The Morgan fingerprint density at radius 3 is 2.39 bits per heavy atom. The zero-order valence-electron chi connectivity index (χ0n) is 12.5. The summed E-state index contributed by atoms with van der Waals surface area (Å²) in [6.45, 7) is 0.0315. The molecule has 1 amide bonds. The third kappa shape index (κ3) is 5.09. The zero-order chi connectivity index (χ0) is 17.0. The summed E-state index contributed by atoms with van der Waals surface area (Å²) in [6.07, 6.45) is 1.44. The summed E-state index contributed by atoms with van der Waals surface area (Å²) < 4.78 is 0. The van der Waals surface area contributed by atoms with Gasteiger partial charge in [0.25, 0.3) is 0 Å². The summed E-state index contributed by atoms with van der Waals surface area (Å²) >= 11 is 11.8. The van der Waals surface area contributed by atoms with Crippen molar-refractivity contribution >= 4 is 35.1 Å². The molecule has 23 heavy (non-hydrogen) atoms. The van der Waals surface area contributed by atoms with Gasteiger partial charge in [-0.2, -0.15) is 0 Å². The standard InChI is InChI=1S/C16H19Cl2NO4/c17-12-5-11(6-13(18)7-12)14(20)8-19-15(21)9-2-1-3-10(4-9)16(22)23/h5-7,9-10,14,20H,1-4,8H2,(H,19,21)(H,22,23). The SMILES string of the molecule is O=C(O)C1CCCC(C(=O)NCC(O)c2cc(Cl)cc(Cl)c2)C1. The van der Waals surface area contributed by atoms with Crippen molar-refractivity contribution in [3.05, 3.63) is 33.8 Å². The van der Waals surface area contributed by atoms with Gasteiger partial charge in [0.15, 0.2) is 0 Å². The molecule has 3 atom stereocenters. The number of aliphatic carboxylic acids is 1. The van der Waals surface area contributed by atoms with Crippen LogP contribution in [-0.4, -0.2) is 28.6 Å². The predicted octanol–water partition coefficient (Wildman–Crippen LogP) is 3.03. The minimum Gasteiger partial charge on any atom is -0.481 e. The summed E-state index contributed by atoms with van der Waals surface area (Å²) in [6, 6.07) is 4.74. The van der Waals surface area contributed by atoms with Crippen molar-refractivity contribution in [3.63, 3.8) is 0 Å². The molecule has 126 valence electrons. The Bertz CT molecular complexity index is 573. The maximum absolute atomic E-state index is 12.2. The van der Waals surface area contributed by atoms with Gasteiger partial charge in [0, 0.05) is 22.5 Å². The number of carbonyl (C=O) groups is 2. The highest BCUT2D eigenvalue weighted by molar-refractivity contribution is 6.34. The number of aliphatic hydroxyl groups excluding tert-OH is 1. The number of amides is 1. The van der Waals surface area contributed by atoms with Crippen LogP contribution in [0.2, 0.25) is 10.0 Å². The number of carbonyl (C=O) groups excluding carboxylic acids is 1. The fourth-order valence-electron chi connectivity index (χ4n) is 2.88. The molecule has 3 N–H and O–H groups in total. The lowest BCUT2D eigenvalue weighted by molar-refractivity contribution is -0.144. The lowest BCUT2D eigenvalue weighted by atomic mass is 9.81. The number of benzene rings is 1. The van der Waals surface area contributed by atoms with Crippen LogP contribution in [0.1, 0.15) is 37.4 Å². The molecule has 1 aromatic carbocycles. The Kier molecular flexibility index (Phi) is 6.27. The van der Waals surface area contributed by atoms with E-state index in [1.54, 1.807) is 18.2 Å². The molecule has 5 nitrogen and oxygen atoms in total. The van der Waals surface area contributed by atoms with Gasteiger partial charge in [-0.1, -0.05) is 29.6 Å². The molecule has 0 aromatic heterocycles. The first-order valence-corrected chi connectivity index (χ1v) is 8.27. The van der Waals surface area contributed by atoms with Crippen LogP contribution < -0.4 is 5.32 Å². The van der Waals surface area contributed by atoms with Gasteiger partial charge in [-0.15, -0.1) is 0 Å². The van der Waals surface area contributed by atoms with Crippen LogP contribution in [0.25, 0.3) is 0 Å². The number of carboxylic acids is 1. The lowest BCUT2D eigenvalue weighted by Gasteiger charge is -2.26. The molecule has 2 rings (SSSR count). The fourth-order valence-corrected chi connectivity index (χ4v) is 3.42. The molecular weight excluding hydrogens is 341 g/mol. The van der Waals surface area contributed by atoms with E-state index in [0.717, 1.165) is 6.42 Å². The normalized spacial score (nSPS) is 22.4. The predicted molar refractivity (Wildman–Crippen MR) is 87.5 cm³/mol.